The molecule has 34 heavy (non-hydrogen) atoms. The predicted molar refractivity (Wildman–Crippen MR) is 135 cm³/mol. The van der Waals surface area contributed by atoms with Crippen LogP contribution in [0.4, 0.5) is 5.69 Å². The predicted octanol–water partition coefficient (Wildman–Crippen LogP) is 5.90. The molecular formula is C25H22N4O3S2. The third-order valence-corrected chi connectivity index (χ3v) is 7.68. The SMILES string of the molecule is COc1cc2c(cc1NC(=O)CSc1nnc(Cc3cccs3)n1C1CC1)oc1ccccc12. The quantitative estimate of drug-likeness (QED) is 0.273. The lowest BCUT2D eigenvalue weighted by molar-refractivity contribution is -0.113. The molecule has 0 radical (unpaired) electrons. The smallest absolute Gasteiger partial charge is 0.234 e. The molecule has 1 N–H and O–H groups in total. The molecule has 0 spiro atoms. The van der Waals surface area contributed by atoms with E-state index in [2.05, 4.69) is 37.6 Å². The number of anilines is 1. The first-order valence-electron chi connectivity index (χ1n) is 11.1. The molecule has 1 fully saturated rings. The molecule has 6 rings (SSSR count). The van der Waals surface area contributed by atoms with Crippen LogP contribution in [0.25, 0.3) is 21.9 Å². The number of furan rings is 1. The van der Waals surface area contributed by atoms with E-state index in [4.69, 9.17) is 9.15 Å². The van der Waals surface area contributed by atoms with Gasteiger partial charge in [0.05, 0.1) is 18.6 Å². The first-order valence-corrected chi connectivity index (χ1v) is 12.9. The van der Waals surface area contributed by atoms with Gasteiger partial charge in [-0.3, -0.25) is 4.79 Å². The minimum absolute atomic E-state index is 0.135. The summed E-state index contributed by atoms with van der Waals surface area (Å²) in [7, 11) is 1.60. The fourth-order valence-electron chi connectivity index (χ4n) is 4.13. The molecule has 0 unspecified atom stereocenters. The summed E-state index contributed by atoms with van der Waals surface area (Å²) in [5, 5.41) is 16.6. The van der Waals surface area contributed by atoms with Crippen LogP contribution in [0, 0.1) is 0 Å². The molecule has 9 heteroatoms. The Balaban J connectivity index is 1.19. The molecule has 1 saturated carbocycles. The second-order valence-corrected chi connectivity index (χ2v) is 10.2. The molecule has 0 aliphatic heterocycles. The number of ether oxygens (including phenoxy) is 1. The molecule has 2 aromatic carbocycles. The summed E-state index contributed by atoms with van der Waals surface area (Å²) >= 11 is 3.13. The largest absolute Gasteiger partial charge is 0.495 e. The van der Waals surface area contributed by atoms with Crippen molar-refractivity contribution in [2.24, 2.45) is 0 Å². The molecule has 172 valence electrons. The van der Waals surface area contributed by atoms with E-state index in [-0.39, 0.29) is 11.7 Å². The lowest BCUT2D eigenvalue weighted by Crippen LogP contribution is -2.15. The number of fused-ring (bicyclic) bond motifs is 3. The Morgan fingerprint density at radius 2 is 2.06 bits per heavy atom. The van der Waals surface area contributed by atoms with Gasteiger partial charge in [0.15, 0.2) is 5.16 Å². The summed E-state index contributed by atoms with van der Waals surface area (Å²) in [5.74, 6) is 1.65. The molecule has 0 atom stereocenters. The highest BCUT2D eigenvalue weighted by molar-refractivity contribution is 7.99. The summed E-state index contributed by atoms with van der Waals surface area (Å²) in [6.07, 6.45) is 3.02. The normalized spacial score (nSPS) is 13.6. The first-order chi connectivity index (χ1) is 16.7. The Morgan fingerprint density at radius 3 is 2.85 bits per heavy atom. The number of hydrogen-bond acceptors (Lipinski definition) is 7. The van der Waals surface area contributed by atoms with E-state index in [1.807, 2.05) is 36.4 Å². The molecule has 1 aliphatic carbocycles. The van der Waals surface area contributed by atoms with Gasteiger partial charge in [-0.05, 0) is 36.4 Å². The zero-order valence-electron chi connectivity index (χ0n) is 18.5. The Bertz CT molecular complexity index is 1490. The topological polar surface area (TPSA) is 82.2 Å². The summed E-state index contributed by atoms with van der Waals surface area (Å²) in [5.41, 5.74) is 2.09. The number of carbonyl (C=O) groups is 1. The molecule has 7 nitrogen and oxygen atoms in total. The summed E-state index contributed by atoms with van der Waals surface area (Å²) in [6, 6.07) is 16.2. The van der Waals surface area contributed by atoms with Crippen molar-refractivity contribution in [2.45, 2.75) is 30.5 Å². The van der Waals surface area contributed by atoms with Crippen molar-refractivity contribution in [1.29, 1.82) is 0 Å². The van der Waals surface area contributed by atoms with E-state index in [1.54, 1.807) is 18.4 Å². The fraction of sp³-hybridized carbons (Fsp3) is 0.240. The molecule has 5 aromatic rings. The standard InChI is InChI=1S/C25H22N4O3S2/c1-31-22-12-18-17-6-2-3-7-20(17)32-21(18)13-19(22)26-24(30)14-34-25-28-27-23(29(25)15-8-9-15)11-16-5-4-10-33-16/h2-7,10,12-13,15H,8-9,11,14H2,1H3,(H,26,30). The van der Waals surface area contributed by atoms with E-state index >= 15 is 0 Å². The average molecular weight is 491 g/mol. The summed E-state index contributed by atoms with van der Waals surface area (Å²) in [6.45, 7) is 0. The van der Waals surface area contributed by atoms with Crippen molar-refractivity contribution in [1.82, 2.24) is 14.8 Å². The van der Waals surface area contributed by atoms with Gasteiger partial charge in [0.2, 0.25) is 5.91 Å². The number of thioether (sulfide) groups is 1. The van der Waals surface area contributed by atoms with Gasteiger partial charge in [-0.2, -0.15) is 0 Å². The molecule has 3 aromatic heterocycles. The number of nitrogens with zero attached hydrogens (tertiary/aromatic N) is 3. The van der Waals surface area contributed by atoms with Crippen LogP contribution in [0.15, 0.2) is 63.5 Å². The monoisotopic (exact) mass is 490 g/mol. The number of carbonyl (C=O) groups excluding carboxylic acids is 1. The van der Waals surface area contributed by atoms with Gasteiger partial charge in [0.25, 0.3) is 0 Å². The lowest BCUT2D eigenvalue weighted by atomic mass is 10.1. The van der Waals surface area contributed by atoms with Crippen LogP contribution in [-0.2, 0) is 11.2 Å². The fourth-order valence-corrected chi connectivity index (χ4v) is 5.66. The zero-order valence-corrected chi connectivity index (χ0v) is 20.1. The van der Waals surface area contributed by atoms with Gasteiger partial charge in [-0.25, -0.2) is 0 Å². The number of hydrogen-bond donors (Lipinski definition) is 1. The van der Waals surface area contributed by atoms with Crippen molar-refractivity contribution in [3.8, 4) is 5.75 Å². The van der Waals surface area contributed by atoms with Gasteiger partial charge in [0, 0.05) is 34.2 Å². The van der Waals surface area contributed by atoms with Crippen LogP contribution in [0.5, 0.6) is 5.75 Å². The summed E-state index contributed by atoms with van der Waals surface area (Å²) < 4.78 is 13.7. The maximum absolute atomic E-state index is 12.8. The van der Waals surface area contributed by atoms with E-state index in [9.17, 15) is 4.79 Å². The van der Waals surface area contributed by atoms with Crippen LogP contribution in [0.2, 0.25) is 0 Å². The number of methoxy groups -OCH3 is 1. The number of para-hydroxylation sites is 1. The highest BCUT2D eigenvalue weighted by Gasteiger charge is 2.30. The van der Waals surface area contributed by atoms with Crippen LogP contribution in [-0.4, -0.2) is 33.5 Å². The van der Waals surface area contributed by atoms with Crippen molar-refractivity contribution in [3.63, 3.8) is 0 Å². The second kappa shape index (κ2) is 8.81. The number of nitrogens with one attached hydrogen (secondary N) is 1. The zero-order chi connectivity index (χ0) is 23.1. The second-order valence-electron chi connectivity index (χ2n) is 8.24. The van der Waals surface area contributed by atoms with E-state index in [1.165, 1.54) is 16.6 Å². The van der Waals surface area contributed by atoms with E-state index in [0.717, 1.165) is 46.6 Å². The van der Waals surface area contributed by atoms with Gasteiger partial charge in [0.1, 0.15) is 22.7 Å². The Morgan fingerprint density at radius 1 is 1.18 bits per heavy atom. The number of amides is 1. The Kier molecular flexibility index (Phi) is 5.50. The van der Waals surface area contributed by atoms with Gasteiger partial charge >= 0.3 is 0 Å². The number of rotatable bonds is 8. The lowest BCUT2D eigenvalue weighted by Gasteiger charge is -2.11. The van der Waals surface area contributed by atoms with Crippen molar-refractivity contribution < 1.29 is 13.9 Å². The molecule has 0 saturated heterocycles. The Labute approximate surface area is 204 Å². The summed E-state index contributed by atoms with van der Waals surface area (Å²) in [4.78, 5) is 14.1. The molecular weight excluding hydrogens is 468 g/mol. The molecule has 1 amide bonds. The van der Waals surface area contributed by atoms with E-state index in [0.29, 0.717) is 23.1 Å². The average Bonchev–Trinajstić information content (AvgIpc) is 3.24. The highest BCUT2D eigenvalue weighted by atomic mass is 32.2. The van der Waals surface area contributed by atoms with Gasteiger partial charge < -0.3 is 19.0 Å². The molecule has 0 bridgehead atoms. The van der Waals surface area contributed by atoms with Gasteiger partial charge in [-0.1, -0.05) is 36.0 Å². The third kappa shape index (κ3) is 4.05. The van der Waals surface area contributed by atoms with E-state index < -0.39 is 0 Å². The van der Waals surface area contributed by atoms with Gasteiger partial charge in [-0.15, -0.1) is 21.5 Å². The number of aromatic nitrogens is 3. The van der Waals surface area contributed by atoms with Crippen LogP contribution >= 0.6 is 23.1 Å². The van der Waals surface area contributed by atoms with Crippen molar-refractivity contribution >= 4 is 56.6 Å². The number of thiophene rings is 1. The van der Waals surface area contributed by atoms with Crippen molar-refractivity contribution in [3.05, 3.63) is 64.6 Å². The minimum Gasteiger partial charge on any atom is -0.495 e. The molecule has 3 heterocycles. The highest BCUT2D eigenvalue weighted by Crippen LogP contribution is 2.40. The maximum Gasteiger partial charge on any atom is 0.234 e. The maximum atomic E-state index is 12.8. The van der Waals surface area contributed by atoms with Crippen LogP contribution < -0.4 is 10.1 Å². The third-order valence-electron chi connectivity index (χ3n) is 5.86. The molecule has 1 aliphatic rings. The minimum atomic E-state index is -0.135. The Hall–Kier alpha value is -3.30. The van der Waals surface area contributed by atoms with Crippen molar-refractivity contribution in [2.75, 3.05) is 18.2 Å². The first kappa shape index (κ1) is 21.2. The number of benzene rings is 2. The van der Waals surface area contributed by atoms with Crippen LogP contribution in [0.3, 0.4) is 0 Å². The van der Waals surface area contributed by atoms with Crippen LogP contribution in [0.1, 0.15) is 29.6 Å².